The van der Waals surface area contributed by atoms with E-state index >= 15 is 0 Å². The lowest BCUT2D eigenvalue weighted by Gasteiger charge is -2.09. The quantitative estimate of drug-likeness (QED) is 0.840. The van der Waals surface area contributed by atoms with Gasteiger partial charge in [0.2, 0.25) is 0 Å². The lowest BCUT2D eigenvalue weighted by Crippen LogP contribution is -2.23. The summed E-state index contributed by atoms with van der Waals surface area (Å²) in [4.78, 5) is 20.7. The highest BCUT2D eigenvalue weighted by molar-refractivity contribution is 7.09. The van der Waals surface area contributed by atoms with Crippen LogP contribution in [-0.2, 0) is 13.0 Å². The van der Waals surface area contributed by atoms with Crippen LogP contribution < -0.4 is 10.3 Å². The van der Waals surface area contributed by atoms with Gasteiger partial charge in [-0.25, -0.2) is 9.97 Å². The van der Waals surface area contributed by atoms with Crippen LogP contribution in [0.5, 0.6) is 6.01 Å². The summed E-state index contributed by atoms with van der Waals surface area (Å²) in [5.41, 5.74) is 1.41. The van der Waals surface area contributed by atoms with Crippen molar-refractivity contribution >= 4 is 11.3 Å². The van der Waals surface area contributed by atoms with Crippen LogP contribution in [0.2, 0.25) is 0 Å². The zero-order valence-corrected chi connectivity index (χ0v) is 12.2. The molecule has 0 atom stereocenters. The molecule has 2 aromatic rings. The highest BCUT2D eigenvalue weighted by Gasteiger charge is 2.10. The summed E-state index contributed by atoms with van der Waals surface area (Å²) in [6.45, 7) is 4.30. The third kappa shape index (κ3) is 3.20. The number of hydrogen-bond acceptors (Lipinski definition) is 5. The molecule has 102 valence electrons. The third-order valence-electron chi connectivity index (χ3n) is 2.67. The zero-order valence-electron chi connectivity index (χ0n) is 11.3. The first-order chi connectivity index (χ1) is 9.13. The van der Waals surface area contributed by atoms with Crippen molar-refractivity contribution in [2.45, 2.75) is 33.2 Å². The zero-order chi connectivity index (χ0) is 13.8. The number of aromatic nitrogens is 3. The molecule has 0 aliphatic heterocycles. The maximum atomic E-state index is 12.0. The minimum atomic E-state index is -0.116. The Kier molecular flexibility index (Phi) is 4.31. The molecule has 0 saturated carbocycles. The van der Waals surface area contributed by atoms with Gasteiger partial charge in [0.05, 0.1) is 24.4 Å². The Balaban J connectivity index is 2.29. The van der Waals surface area contributed by atoms with Crippen molar-refractivity contribution in [3.05, 3.63) is 38.2 Å². The minimum absolute atomic E-state index is 0.116. The van der Waals surface area contributed by atoms with E-state index in [1.807, 2.05) is 5.38 Å². The van der Waals surface area contributed by atoms with Crippen LogP contribution >= 0.6 is 11.3 Å². The molecule has 0 amide bonds. The molecule has 0 saturated heterocycles. The number of rotatable bonds is 5. The van der Waals surface area contributed by atoms with Crippen LogP contribution in [0.1, 0.15) is 29.7 Å². The van der Waals surface area contributed by atoms with E-state index in [9.17, 15) is 4.79 Å². The molecule has 0 aliphatic rings. The van der Waals surface area contributed by atoms with Gasteiger partial charge in [-0.15, -0.1) is 11.3 Å². The molecule has 0 aliphatic carbocycles. The largest absolute Gasteiger partial charge is 0.468 e. The Morgan fingerprint density at radius 1 is 1.42 bits per heavy atom. The Hall–Kier alpha value is -1.69. The molecule has 0 unspecified atom stereocenters. The highest BCUT2D eigenvalue weighted by atomic mass is 32.1. The van der Waals surface area contributed by atoms with Crippen molar-refractivity contribution in [2.24, 2.45) is 0 Å². The SMILES string of the molecule is CCCc1nc(Cn2c(OC)nc(C)cc2=O)cs1. The van der Waals surface area contributed by atoms with Crippen molar-refractivity contribution in [3.8, 4) is 6.01 Å². The number of ether oxygens (including phenoxy) is 1. The summed E-state index contributed by atoms with van der Waals surface area (Å²) in [6, 6.07) is 1.83. The maximum absolute atomic E-state index is 12.0. The van der Waals surface area contributed by atoms with Gasteiger partial charge in [-0.1, -0.05) is 6.92 Å². The second kappa shape index (κ2) is 5.97. The van der Waals surface area contributed by atoms with E-state index in [1.165, 1.54) is 17.7 Å². The third-order valence-corrected chi connectivity index (χ3v) is 3.62. The Bertz CT molecular complexity index is 619. The fourth-order valence-corrected chi connectivity index (χ4v) is 2.70. The number of hydrogen-bond donors (Lipinski definition) is 0. The summed E-state index contributed by atoms with van der Waals surface area (Å²) in [5.74, 6) is 0. The summed E-state index contributed by atoms with van der Waals surface area (Å²) in [7, 11) is 1.52. The van der Waals surface area contributed by atoms with E-state index < -0.39 is 0 Å². The van der Waals surface area contributed by atoms with Crippen molar-refractivity contribution in [2.75, 3.05) is 7.11 Å². The molecular weight excluding hydrogens is 262 g/mol. The molecule has 2 aromatic heterocycles. The van der Waals surface area contributed by atoms with Crippen LogP contribution in [0.15, 0.2) is 16.2 Å². The van der Waals surface area contributed by atoms with Crippen LogP contribution in [0.4, 0.5) is 0 Å². The van der Waals surface area contributed by atoms with Crippen molar-refractivity contribution < 1.29 is 4.74 Å². The molecule has 2 heterocycles. The summed E-state index contributed by atoms with van der Waals surface area (Å²) < 4.78 is 6.66. The normalized spacial score (nSPS) is 10.7. The molecule has 0 aromatic carbocycles. The van der Waals surface area contributed by atoms with Gasteiger partial charge in [0.25, 0.3) is 11.6 Å². The average Bonchev–Trinajstić information content (AvgIpc) is 2.80. The van der Waals surface area contributed by atoms with Gasteiger partial charge < -0.3 is 4.74 Å². The van der Waals surface area contributed by atoms with Gasteiger partial charge in [-0.2, -0.15) is 0 Å². The average molecular weight is 279 g/mol. The summed E-state index contributed by atoms with van der Waals surface area (Å²) in [6.07, 6.45) is 2.05. The monoisotopic (exact) mass is 279 g/mol. The number of methoxy groups -OCH3 is 1. The molecular formula is C13H17N3O2S. The lowest BCUT2D eigenvalue weighted by molar-refractivity contribution is 0.349. The van der Waals surface area contributed by atoms with E-state index in [1.54, 1.807) is 18.3 Å². The van der Waals surface area contributed by atoms with Gasteiger partial charge >= 0.3 is 0 Å². The van der Waals surface area contributed by atoms with E-state index in [0.29, 0.717) is 18.2 Å². The van der Waals surface area contributed by atoms with Crippen LogP contribution in [0.25, 0.3) is 0 Å². The topological polar surface area (TPSA) is 57.0 Å². The number of thiazole rings is 1. The van der Waals surface area contributed by atoms with E-state index in [-0.39, 0.29) is 5.56 Å². The fraction of sp³-hybridized carbons (Fsp3) is 0.462. The van der Waals surface area contributed by atoms with E-state index in [4.69, 9.17) is 4.74 Å². The Labute approximate surface area is 115 Å². The Morgan fingerprint density at radius 3 is 2.89 bits per heavy atom. The van der Waals surface area contributed by atoms with Crippen LogP contribution in [-0.4, -0.2) is 21.6 Å². The minimum Gasteiger partial charge on any atom is -0.468 e. The number of aryl methyl sites for hydroxylation is 2. The maximum Gasteiger partial charge on any atom is 0.299 e. The van der Waals surface area contributed by atoms with Crippen LogP contribution in [0.3, 0.4) is 0 Å². The molecule has 0 fully saturated rings. The first-order valence-electron chi connectivity index (χ1n) is 6.19. The molecule has 2 rings (SSSR count). The molecule has 0 N–H and O–H groups in total. The van der Waals surface area contributed by atoms with Gasteiger partial charge in [0, 0.05) is 17.1 Å². The second-order valence-electron chi connectivity index (χ2n) is 4.29. The molecule has 6 heteroatoms. The van der Waals surface area contributed by atoms with Crippen LogP contribution in [0, 0.1) is 6.92 Å². The number of nitrogens with zero attached hydrogens (tertiary/aromatic N) is 3. The second-order valence-corrected chi connectivity index (χ2v) is 5.23. The summed E-state index contributed by atoms with van der Waals surface area (Å²) >= 11 is 1.63. The van der Waals surface area contributed by atoms with Gasteiger partial charge in [-0.05, 0) is 19.8 Å². The van der Waals surface area contributed by atoms with Crippen molar-refractivity contribution in [1.82, 2.24) is 14.5 Å². The lowest BCUT2D eigenvalue weighted by atomic mass is 10.3. The first-order valence-corrected chi connectivity index (χ1v) is 7.07. The van der Waals surface area contributed by atoms with E-state index in [2.05, 4.69) is 16.9 Å². The van der Waals surface area contributed by atoms with Gasteiger partial charge in [0.15, 0.2) is 0 Å². The molecule has 19 heavy (non-hydrogen) atoms. The van der Waals surface area contributed by atoms with Crippen molar-refractivity contribution in [1.29, 1.82) is 0 Å². The molecule has 0 radical (unpaired) electrons. The smallest absolute Gasteiger partial charge is 0.299 e. The van der Waals surface area contributed by atoms with E-state index in [0.717, 1.165) is 23.5 Å². The fourth-order valence-electron chi connectivity index (χ4n) is 1.81. The van der Waals surface area contributed by atoms with Gasteiger partial charge in [-0.3, -0.25) is 9.36 Å². The predicted octanol–water partition coefficient (Wildman–Crippen LogP) is 2.02. The first kappa shape index (κ1) is 13.7. The Morgan fingerprint density at radius 2 is 2.21 bits per heavy atom. The van der Waals surface area contributed by atoms with Crippen molar-refractivity contribution in [3.63, 3.8) is 0 Å². The highest BCUT2D eigenvalue weighted by Crippen LogP contribution is 2.14. The summed E-state index contributed by atoms with van der Waals surface area (Å²) in [5, 5.41) is 3.08. The predicted molar refractivity (Wildman–Crippen MR) is 75.0 cm³/mol. The van der Waals surface area contributed by atoms with Gasteiger partial charge in [0.1, 0.15) is 0 Å². The molecule has 0 spiro atoms. The molecule has 0 bridgehead atoms. The molecule has 5 nitrogen and oxygen atoms in total. The standard InChI is InChI=1S/C13H17N3O2S/c1-4-5-11-15-10(8-19-11)7-16-12(17)6-9(2)14-13(16)18-3/h6,8H,4-5,7H2,1-3H3.